The number of hydrogen-bond acceptors (Lipinski definition) is 4. The Bertz CT molecular complexity index is 1450. The van der Waals surface area contributed by atoms with E-state index in [1.54, 1.807) is 18.2 Å². The number of nitriles is 2. The summed E-state index contributed by atoms with van der Waals surface area (Å²) in [4.78, 5) is 10.5. The molecule has 3 aromatic carbocycles. The van der Waals surface area contributed by atoms with Crippen LogP contribution in [0.1, 0.15) is 27.9 Å². The monoisotopic (exact) mass is 418 g/mol. The van der Waals surface area contributed by atoms with Crippen molar-refractivity contribution in [3.8, 4) is 12.1 Å². The maximum atomic E-state index is 10.9. The largest absolute Gasteiger partial charge is 0.340 e. The number of benzene rings is 3. The first-order valence-electron chi connectivity index (χ1n) is 9.96. The number of nitro benzene ring substituents is 1. The number of rotatable bonds is 5. The molecule has 1 aromatic heterocycles. The molecular formula is C26H18N4O2. The second-order valence-electron chi connectivity index (χ2n) is 7.35. The van der Waals surface area contributed by atoms with Crippen LogP contribution in [0, 0.1) is 39.7 Å². The molecule has 32 heavy (non-hydrogen) atoms. The first-order valence-corrected chi connectivity index (χ1v) is 9.96. The first kappa shape index (κ1) is 20.6. The van der Waals surface area contributed by atoms with Crippen LogP contribution in [0.15, 0.2) is 72.8 Å². The van der Waals surface area contributed by atoms with Crippen LogP contribution < -0.4 is 0 Å². The molecule has 6 heteroatoms. The van der Waals surface area contributed by atoms with Crippen molar-refractivity contribution in [2.45, 2.75) is 13.5 Å². The average Bonchev–Trinajstić information content (AvgIpc) is 3.08. The lowest BCUT2D eigenvalue weighted by Crippen LogP contribution is -2.03. The Morgan fingerprint density at radius 1 is 1.03 bits per heavy atom. The third-order valence-corrected chi connectivity index (χ3v) is 5.54. The molecule has 0 aliphatic rings. The molecular weight excluding hydrogens is 400 g/mol. The number of aromatic nitrogens is 1. The number of fused-ring (bicyclic) bond motifs is 1. The third-order valence-electron chi connectivity index (χ3n) is 5.54. The maximum Gasteiger partial charge on any atom is 0.269 e. The van der Waals surface area contributed by atoms with Crippen molar-refractivity contribution in [1.29, 1.82) is 10.5 Å². The molecule has 6 nitrogen and oxygen atoms in total. The van der Waals surface area contributed by atoms with Gasteiger partial charge in [0, 0.05) is 40.8 Å². The number of allylic oxidation sites excluding steroid dienone is 1. The highest BCUT2D eigenvalue weighted by Gasteiger charge is 2.15. The van der Waals surface area contributed by atoms with Crippen molar-refractivity contribution in [1.82, 2.24) is 4.57 Å². The van der Waals surface area contributed by atoms with Crippen molar-refractivity contribution < 1.29 is 4.92 Å². The Labute approximate surface area is 185 Å². The predicted molar refractivity (Wildman–Crippen MR) is 124 cm³/mol. The minimum absolute atomic E-state index is 0.0185. The molecule has 0 unspecified atom stereocenters. The molecule has 0 atom stereocenters. The molecule has 154 valence electrons. The molecule has 0 aliphatic heterocycles. The normalized spacial score (nSPS) is 11.2. The van der Waals surface area contributed by atoms with Gasteiger partial charge in [0.05, 0.1) is 28.2 Å². The van der Waals surface area contributed by atoms with Crippen molar-refractivity contribution in [2.24, 2.45) is 0 Å². The minimum atomic E-state index is -0.462. The van der Waals surface area contributed by atoms with Gasteiger partial charge in [0.25, 0.3) is 5.69 Å². The average molecular weight is 418 g/mol. The summed E-state index contributed by atoms with van der Waals surface area (Å²) in [7, 11) is 0. The van der Waals surface area contributed by atoms with E-state index in [1.165, 1.54) is 12.1 Å². The summed E-state index contributed by atoms with van der Waals surface area (Å²) in [6, 6.07) is 25.9. The van der Waals surface area contributed by atoms with Crippen molar-refractivity contribution >= 4 is 28.2 Å². The molecule has 0 radical (unpaired) electrons. The standard InChI is InChI=1S/C26H18N4O2/c1-18-25(14-22(16-28)19-10-12-23(13-11-19)30(31)32)24-8-4-5-9-26(24)29(18)17-21-7-3-2-6-20(21)15-27/h2-14H,17H2,1H3. The van der Waals surface area contributed by atoms with Gasteiger partial charge in [-0.1, -0.05) is 36.4 Å². The molecule has 0 spiro atoms. The molecule has 0 N–H and O–H groups in total. The zero-order chi connectivity index (χ0) is 22.7. The zero-order valence-corrected chi connectivity index (χ0v) is 17.3. The zero-order valence-electron chi connectivity index (χ0n) is 17.3. The second kappa shape index (κ2) is 8.59. The summed E-state index contributed by atoms with van der Waals surface area (Å²) in [6.07, 6.45) is 1.82. The van der Waals surface area contributed by atoms with Crippen LogP contribution in [0.4, 0.5) is 5.69 Å². The second-order valence-corrected chi connectivity index (χ2v) is 7.35. The van der Waals surface area contributed by atoms with E-state index in [9.17, 15) is 20.6 Å². The van der Waals surface area contributed by atoms with Gasteiger partial charge in [-0.2, -0.15) is 10.5 Å². The number of hydrogen-bond donors (Lipinski definition) is 0. The first-order chi connectivity index (χ1) is 15.5. The smallest absolute Gasteiger partial charge is 0.269 e. The van der Waals surface area contributed by atoms with Gasteiger partial charge in [0.2, 0.25) is 0 Å². The van der Waals surface area contributed by atoms with Crippen LogP contribution in [0.2, 0.25) is 0 Å². The molecule has 4 aromatic rings. The van der Waals surface area contributed by atoms with Gasteiger partial charge in [-0.3, -0.25) is 10.1 Å². The van der Waals surface area contributed by atoms with Gasteiger partial charge in [-0.25, -0.2) is 0 Å². The van der Waals surface area contributed by atoms with E-state index < -0.39 is 4.92 Å². The summed E-state index contributed by atoms with van der Waals surface area (Å²) in [5, 5.41) is 31.2. The molecule has 4 rings (SSSR count). The fourth-order valence-corrected chi connectivity index (χ4v) is 3.87. The lowest BCUT2D eigenvalue weighted by atomic mass is 10.0. The number of nitro groups is 1. The summed E-state index contributed by atoms with van der Waals surface area (Å²) in [5.41, 5.74) is 5.45. The molecule has 0 fully saturated rings. The van der Waals surface area contributed by atoms with Gasteiger partial charge in [0.1, 0.15) is 0 Å². The summed E-state index contributed by atoms with van der Waals surface area (Å²) < 4.78 is 2.14. The summed E-state index contributed by atoms with van der Waals surface area (Å²) >= 11 is 0. The van der Waals surface area contributed by atoms with Crippen molar-refractivity contribution in [3.63, 3.8) is 0 Å². The molecule has 1 heterocycles. The van der Waals surface area contributed by atoms with E-state index >= 15 is 0 Å². The summed E-state index contributed by atoms with van der Waals surface area (Å²) in [5.74, 6) is 0. The topological polar surface area (TPSA) is 95.6 Å². The molecule has 0 bridgehead atoms. The number of non-ortho nitro benzene ring substituents is 1. The molecule has 0 aliphatic carbocycles. The highest BCUT2D eigenvalue weighted by molar-refractivity contribution is 5.99. The number of nitrogens with zero attached hydrogens (tertiary/aromatic N) is 4. The Balaban J connectivity index is 1.84. The quantitative estimate of drug-likeness (QED) is 0.231. The fourth-order valence-electron chi connectivity index (χ4n) is 3.87. The van der Waals surface area contributed by atoms with Crippen molar-refractivity contribution in [2.75, 3.05) is 0 Å². The highest BCUT2D eigenvalue weighted by Crippen LogP contribution is 2.31. The molecule has 0 saturated heterocycles. The van der Waals surface area contributed by atoms with Gasteiger partial charge in [0.15, 0.2) is 0 Å². The van der Waals surface area contributed by atoms with Crippen LogP contribution in [0.3, 0.4) is 0 Å². The van der Waals surface area contributed by atoms with E-state index in [0.717, 1.165) is 27.7 Å². The van der Waals surface area contributed by atoms with Crippen LogP contribution >= 0.6 is 0 Å². The van der Waals surface area contributed by atoms with Crippen molar-refractivity contribution in [3.05, 3.63) is 111 Å². The van der Waals surface area contributed by atoms with Gasteiger partial charge in [-0.05, 0) is 48.4 Å². The van der Waals surface area contributed by atoms with Gasteiger partial charge in [-0.15, -0.1) is 0 Å². The molecule has 0 amide bonds. The lowest BCUT2D eigenvalue weighted by Gasteiger charge is -2.10. The highest BCUT2D eigenvalue weighted by atomic mass is 16.6. The minimum Gasteiger partial charge on any atom is -0.340 e. The van der Waals surface area contributed by atoms with E-state index in [0.29, 0.717) is 23.2 Å². The van der Waals surface area contributed by atoms with E-state index in [-0.39, 0.29) is 5.69 Å². The molecule has 0 saturated carbocycles. The number of para-hydroxylation sites is 1. The SMILES string of the molecule is Cc1c(C=C(C#N)c2ccc([N+](=O)[O-])cc2)c2ccccc2n1Cc1ccccc1C#N. The van der Waals surface area contributed by atoms with Crippen LogP contribution in [-0.2, 0) is 6.54 Å². The van der Waals surface area contributed by atoms with Gasteiger partial charge >= 0.3 is 0 Å². The Morgan fingerprint density at radius 3 is 2.41 bits per heavy atom. The van der Waals surface area contributed by atoms with E-state index in [4.69, 9.17) is 0 Å². The third kappa shape index (κ3) is 3.74. The predicted octanol–water partition coefficient (Wildman–Crippen LogP) is 5.84. The van der Waals surface area contributed by atoms with Crippen LogP contribution in [0.25, 0.3) is 22.6 Å². The lowest BCUT2D eigenvalue weighted by molar-refractivity contribution is -0.384. The maximum absolute atomic E-state index is 10.9. The fraction of sp³-hybridized carbons (Fsp3) is 0.0769. The van der Waals surface area contributed by atoms with Crippen LogP contribution in [0.5, 0.6) is 0 Å². The Morgan fingerprint density at radius 2 is 1.72 bits per heavy atom. The Hall–Kier alpha value is -4.68. The summed E-state index contributed by atoms with van der Waals surface area (Å²) in [6.45, 7) is 2.52. The Kier molecular flexibility index (Phi) is 5.53. The van der Waals surface area contributed by atoms with E-state index in [1.807, 2.05) is 55.5 Å². The van der Waals surface area contributed by atoms with Gasteiger partial charge < -0.3 is 4.57 Å². The van der Waals surface area contributed by atoms with Crippen LogP contribution in [-0.4, -0.2) is 9.49 Å². The van der Waals surface area contributed by atoms with E-state index in [2.05, 4.69) is 16.7 Å².